The first-order chi connectivity index (χ1) is 8.26. The normalized spacial score (nSPS) is 19.9. The summed E-state index contributed by atoms with van der Waals surface area (Å²) in [6.07, 6.45) is 5.05. The molecule has 1 aliphatic heterocycles. The van der Waals surface area contributed by atoms with E-state index in [2.05, 4.69) is 22.8 Å². The van der Waals surface area contributed by atoms with E-state index in [1.807, 2.05) is 16.7 Å². The molecule has 4 nitrogen and oxygen atoms in total. The van der Waals surface area contributed by atoms with Crippen LogP contribution >= 0.6 is 23.3 Å². The van der Waals surface area contributed by atoms with Gasteiger partial charge in [0.25, 0.3) is 5.91 Å². The van der Waals surface area contributed by atoms with Gasteiger partial charge < -0.3 is 4.90 Å². The highest BCUT2D eigenvalue weighted by Gasteiger charge is 2.28. The molecule has 1 fully saturated rings. The standard InChI is InChI=1S/C11H17N3OS2/c1-3-4-9-10(17-13-12-9)11(15)14-6-5-8(7-14)16-2/h8H,3-7H2,1-2H3/t8-/m1/s1. The highest BCUT2D eigenvalue weighted by atomic mass is 32.2. The first-order valence-electron chi connectivity index (χ1n) is 5.89. The van der Waals surface area contributed by atoms with Crippen LogP contribution in [-0.4, -0.2) is 45.0 Å². The van der Waals surface area contributed by atoms with Crippen LogP contribution in [0.4, 0.5) is 0 Å². The molecule has 1 aromatic heterocycles. The lowest BCUT2D eigenvalue weighted by molar-refractivity contribution is 0.0797. The number of likely N-dealkylation sites (tertiary alicyclic amines) is 1. The van der Waals surface area contributed by atoms with E-state index in [0.717, 1.165) is 42.9 Å². The fourth-order valence-electron chi connectivity index (χ4n) is 2.02. The van der Waals surface area contributed by atoms with Crippen molar-refractivity contribution in [2.24, 2.45) is 0 Å². The number of carbonyl (C=O) groups excluding carboxylic acids is 1. The Morgan fingerprint density at radius 1 is 1.65 bits per heavy atom. The molecule has 0 unspecified atom stereocenters. The number of aromatic nitrogens is 2. The molecule has 2 heterocycles. The molecule has 1 amide bonds. The van der Waals surface area contributed by atoms with Gasteiger partial charge in [0.2, 0.25) is 0 Å². The van der Waals surface area contributed by atoms with Crippen molar-refractivity contribution < 1.29 is 4.79 Å². The summed E-state index contributed by atoms with van der Waals surface area (Å²) in [5, 5.41) is 4.65. The molecule has 0 N–H and O–H groups in total. The minimum Gasteiger partial charge on any atom is -0.337 e. The van der Waals surface area contributed by atoms with Crippen molar-refractivity contribution in [2.45, 2.75) is 31.4 Å². The maximum absolute atomic E-state index is 12.3. The van der Waals surface area contributed by atoms with E-state index >= 15 is 0 Å². The van der Waals surface area contributed by atoms with Crippen molar-refractivity contribution in [1.29, 1.82) is 0 Å². The van der Waals surface area contributed by atoms with Crippen LogP contribution in [-0.2, 0) is 6.42 Å². The lowest BCUT2D eigenvalue weighted by Crippen LogP contribution is -2.29. The molecule has 1 aliphatic rings. The molecule has 94 valence electrons. The maximum Gasteiger partial charge on any atom is 0.267 e. The Labute approximate surface area is 110 Å². The van der Waals surface area contributed by atoms with Crippen molar-refractivity contribution in [1.82, 2.24) is 14.5 Å². The van der Waals surface area contributed by atoms with Gasteiger partial charge in [-0.2, -0.15) is 11.8 Å². The van der Waals surface area contributed by atoms with Crippen LogP contribution < -0.4 is 0 Å². The fourth-order valence-corrected chi connectivity index (χ4v) is 3.37. The van der Waals surface area contributed by atoms with Crippen molar-refractivity contribution in [2.75, 3.05) is 19.3 Å². The Kier molecular flexibility index (Phi) is 4.39. The van der Waals surface area contributed by atoms with Crippen LogP contribution in [0.2, 0.25) is 0 Å². The van der Waals surface area contributed by atoms with Gasteiger partial charge >= 0.3 is 0 Å². The van der Waals surface area contributed by atoms with Gasteiger partial charge in [-0.1, -0.05) is 17.8 Å². The molecule has 1 atom stereocenters. The van der Waals surface area contributed by atoms with Crippen molar-refractivity contribution in [3.05, 3.63) is 10.6 Å². The average molecular weight is 271 g/mol. The smallest absolute Gasteiger partial charge is 0.267 e. The number of hydrogen-bond acceptors (Lipinski definition) is 5. The minimum absolute atomic E-state index is 0.125. The molecule has 6 heteroatoms. The fraction of sp³-hybridized carbons (Fsp3) is 0.727. The van der Waals surface area contributed by atoms with E-state index in [4.69, 9.17) is 0 Å². The quantitative estimate of drug-likeness (QED) is 0.841. The first kappa shape index (κ1) is 12.8. The number of carbonyl (C=O) groups is 1. The van der Waals surface area contributed by atoms with Crippen LogP contribution in [0, 0.1) is 0 Å². The third-order valence-electron chi connectivity index (χ3n) is 3.00. The zero-order chi connectivity index (χ0) is 12.3. The molecular formula is C11H17N3OS2. The molecule has 0 spiro atoms. The summed E-state index contributed by atoms with van der Waals surface area (Å²) in [5.74, 6) is 0.125. The van der Waals surface area contributed by atoms with Crippen molar-refractivity contribution in [3.63, 3.8) is 0 Å². The molecule has 0 aromatic carbocycles. The summed E-state index contributed by atoms with van der Waals surface area (Å²) in [6, 6.07) is 0. The Morgan fingerprint density at radius 2 is 2.47 bits per heavy atom. The second kappa shape index (κ2) is 5.82. The number of nitrogens with zero attached hydrogens (tertiary/aromatic N) is 3. The van der Waals surface area contributed by atoms with Gasteiger partial charge in [0.1, 0.15) is 4.88 Å². The molecule has 1 aromatic rings. The van der Waals surface area contributed by atoms with Crippen LogP contribution in [0.5, 0.6) is 0 Å². The Balaban J connectivity index is 2.06. The lowest BCUT2D eigenvalue weighted by atomic mass is 10.2. The topological polar surface area (TPSA) is 46.1 Å². The van der Waals surface area contributed by atoms with E-state index in [1.165, 1.54) is 11.5 Å². The van der Waals surface area contributed by atoms with Gasteiger partial charge in [-0.25, -0.2) is 0 Å². The monoisotopic (exact) mass is 271 g/mol. The molecular weight excluding hydrogens is 254 g/mol. The molecule has 1 saturated heterocycles. The largest absolute Gasteiger partial charge is 0.337 e. The Bertz CT molecular complexity index is 394. The van der Waals surface area contributed by atoms with E-state index < -0.39 is 0 Å². The molecule has 2 rings (SSSR count). The lowest BCUT2D eigenvalue weighted by Gasteiger charge is -2.15. The zero-order valence-electron chi connectivity index (χ0n) is 10.2. The van der Waals surface area contributed by atoms with Crippen molar-refractivity contribution >= 4 is 29.2 Å². The Morgan fingerprint density at radius 3 is 3.12 bits per heavy atom. The van der Waals surface area contributed by atoms with Gasteiger partial charge in [-0.3, -0.25) is 4.79 Å². The summed E-state index contributed by atoms with van der Waals surface area (Å²) in [6.45, 7) is 3.82. The number of thioether (sulfide) groups is 1. The highest BCUT2D eigenvalue weighted by Crippen LogP contribution is 2.23. The molecule has 0 bridgehead atoms. The van der Waals surface area contributed by atoms with E-state index in [-0.39, 0.29) is 5.91 Å². The van der Waals surface area contributed by atoms with Gasteiger partial charge in [0.15, 0.2) is 0 Å². The van der Waals surface area contributed by atoms with E-state index in [0.29, 0.717) is 5.25 Å². The van der Waals surface area contributed by atoms with Crippen molar-refractivity contribution in [3.8, 4) is 0 Å². The summed E-state index contributed by atoms with van der Waals surface area (Å²) < 4.78 is 3.91. The number of aryl methyl sites for hydroxylation is 1. The predicted octanol–water partition coefficient (Wildman–Crippen LogP) is 2.07. The summed E-state index contributed by atoms with van der Waals surface area (Å²) >= 11 is 3.08. The van der Waals surface area contributed by atoms with Gasteiger partial charge in [-0.15, -0.1) is 5.10 Å². The second-order valence-corrected chi connectivity index (χ2v) is 6.09. The number of amides is 1. The number of rotatable bonds is 4. The molecule has 0 radical (unpaired) electrons. The van der Waals surface area contributed by atoms with E-state index in [9.17, 15) is 4.79 Å². The van der Waals surface area contributed by atoms with Gasteiger partial charge in [-0.05, 0) is 30.6 Å². The molecule has 0 aliphatic carbocycles. The maximum atomic E-state index is 12.3. The SMILES string of the molecule is CCCc1nnsc1C(=O)N1CC[C@@H](SC)C1. The van der Waals surface area contributed by atoms with Crippen LogP contribution in [0.15, 0.2) is 0 Å². The van der Waals surface area contributed by atoms with Crippen LogP contribution in [0.25, 0.3) is 0 Å². The highest BCUT2D eigenvalue weighted by molar-refractivity contribution is 7.99. The van der Waals surface area contributed by atoms with Gasteiger partial charge in [0.05, 0.1) is 5.69 Å². The zero-order valence-corrected chi connectivity index (χ0v) is 11.8. The summed E-state index contributed by atoms with van der Waals surface area (Å²) in [4.78, 5) is 15.0. The van der Waals surface area contributed by atoms with Crippen LogP contribution in [0.3, 0.4) is 0 Å². The number of hydrogen-bond donors (Lipinski definition) is 0. The first-order valence-corrected chi connectivity index (χ1v) is 7.95. The molecule has 0 saturated carbocycles. The third kappa shape index (κ3) is 2.80. The summed E-state index contributed by atoms with van der Waals surface area (Å²) in [7, 11) is 0. The predicted molar refractivity (Wildman–Crippen MR) is 71.7 cm³/mol. The third-order valence-corrected chi connectivity index (χ3v) is 4.81. The second-order valence-electron chi connectivity index (χ2n) is 4.20. The Hall–Kier alpha value is -0.620. The minimum atomic E-state index is 0.125. The van der Waals surface area contributed by atoms with Crippen LogP contribution in [0.1, 0.15) is 35.1 Å². The average Bonchev–Trinajstić information content (AvgIpc) is 2.97. The summed E-state index contributed by atoms with van der Waals surface area (Å²) in [5.41, 5.74) is 0.870. The molecule has 17 heavy (non-hydrogen) atoms. The van der Waals surface area contributed by atoms with Gasteiger partial charge in [0, 0.05) is 18.3 Å². The van der Waals surface area contributed by atoms with E-state index in [1.54, 1.807) is 0 Å².